The number of aromatic nitrogens is 1. The number of hydrogen-bond donors (Lipinski definition) is 2. The number of aliphatic hydroxyl groups excluding tert-OH is 1. The van der Waals surface area contributed by atoms with E-state index in [-0.39, 0.29) is 17.1 Å². The van der Waals surface area contributed by atoms with Gasteiger partial charge >= 0.3 is 5.91 Å². The molecular formula is C27H22N2O5S. The van der Waals surface area contributed by atoms with Gasteiger partial charge in [0.1, 0.15) is 17.3 Å². The van der Waals surface area contributed by atoms with Crippen molar-refractivity contribution in [3.05, 3.63) is 88.5 Å². The minimum Gasteiger partial charge on any atom is -0.508 e. The van der Waals surface area contributed by atoms with Gasteiger partial charge in [0.15, 0.2) is 5.13 Å². The summed E-state index contributed by atoms with van der Waals surface area (Å²) in [5.74, 6) is -1.48. The summed E-state index contributed by atoms with van der Waals surface area (Å²) < 4.78 is 6.14. The fourth-order valence-corrected chi connectivity index (χ4v) is 5.60. The topological polar surface area (TPSA) is 100.0 Å². The Kier molecular flexibility index (Phi) is 5.53. The van der Waals surface area contributed by atoms with Gasteiger partial charge < -0.3 is 14.9 Å². The van der Waals surface area contributed by atoms with Crippen LogP contribution in [0.25, 0.3) is 16.0 Å². The molecule has 1 aliphatic heterocycles. The Balaban J connectivity index is 1.75. The number of carbonyl (C=O) groups excluding carboxylic acids is 2. The third-order valence-electron chi connectivity index (χ3n) is 6.00. The number of phenolic OH excluding ortho intramolecular Hbond substituents is 1. The van der Waals surface area contributed by atoms with Gasteiger partial charge in [-0.1, -0.05) is 41.7 Å². The quantitative estimate of drug-likeness (QED) is 0.232. The maximum atomic E-state index is 13.4. The Morgan fingerprint density at radius 2 is 1.83 bits per heavy atom. The maximum Gasteiger partial charge on any atom is 0.301 e. The van der Waals surface area contributed by atoms with E-state index in [1.807, 2.05) is 26.0 Å². The second-order valence-corrected chi connectivity index (χ2v) is 9.43. The number of aliphatic hydroxyl groups is 1. The van der Waals surface area contributed by atoms with E-state index in [2.05, 4.69) is 0 Å². The molecule has 1 saturated heterocycles. The van der Waals surface area contributed by atoms with E-state index >= 15 is 0 Å². The van der Waals surface area contributed by atoms with E-state index in [1.165, 1.54) is 35.5 Å². The number of hydrogen-bond acceptors (Lipinski definition) is 7. The van der Waals surface area contributed by atoms with Crippen molar-refractivity contribution >= 4 is 44.1 Å². The molecule has 1 aromatic heterocycles. The van der Waals surface area contributed by atoms with Gasteiger partial charge in [0.25, 0.3) is 5.78 Å². The number of benzene rings is 3. The normalized spacial score (nSPS) is 17.3. The van der Waals surface area contributed by atoms with Crippen molar-refractivity contribution in [2.75, 3.05) is 12.0 Å². The van der Waals surface area contributed by atoms with Crippen LogP contribution in [0.5, 0.6) is 11.5 Å². The van der Waals surface area contributed by atoms with Crippen LogP contribution in [-0.2, 0) is 9.59 Å². The highest BCUT2D eigenvalue weighted by Gasteiger charge is 2.48. The molecule has 3 aromatic carbocycles. The molecule has 0 saturated carbocycles. The third-order valence-corrected chi connectivity index (χ3v) is 7.00. The summed E-state index contributed by atoms with van der Waals surface area (Å²) in [4.78, 5) is 32.7. The largest absolute Gasteiger partial charge is 0.508 e. The number of ether oxygens (including phenoxy) is 1. The number of amides is 1. The molecule has 5 rings (SSSR count). The van der Waals surface area contributed by atoms with Crippen LogP contribution in [0.1, 0.15) is 28.3 Å². The molecule has 0 radical (unpaired) electrons. The summed E-state index contributed by atoms with van der Waals surface area (Å²) in [6.45, 7) is 3.93. The molecule has 0 unspecified atom stereocenters. The monoisotopic (exact) mass is 486 g/mol. The number of thiazole rings is 1. The average molecular weight is 487 g/mol. The van der Waals surface area contributed by atoms with Crippen LogP contribution in [0.3, 0.4) is 0 Å². The van der Waals surface area contributed by atoms with E-state index in [0.717, 1.165) is 21.3 Å². The number of nitrogens with zero attached hydrogens (tertiary/aromatic N) is 2. The molecule has 35 heavy (non-hydrogen) atoms. The van der Waals surface area contributed by atoms with Crippen molar-refractivity contribution in [3.63, 3.8) is 0 Å². The van der Waals surface area contributed by atoms with Crippen molar-refractivity contribution < 1.29 is 24.5 Å². The van der Waals surface area contributed by atoms with Crippen LogP contribution in [0, 0.1) is 13.8 Å². The number of carbonyl (C=O) groups is 2. The predicted molar refractivity (Wildman–Crippen MR) is 135 cm³/mol. The summed E-state index contributed by atoms with van der Waals surface area (Å²) in [5.41, 5.74) is 3.50. The molecule has 1 fully saturated rings. The number of anilines is 1. The van der Waals surface area contributed by atoms with Gasteiger partial charge in [-0.2, -0.15) is 0 Å². The Morgan fingerprint density at radius 3 is 2.57 bits per heavy atom. The minimum atomic E-state index is -0.977. The number of phenols is 1. The zero-order valence-corrected chi connectivity index (χ0v) is 20.1. The second-order valence-electron chi connectivity index (χ2n) is 8.42. The van der Waals surface area contributed by atoms with E-state index in [1.54, 1.807) is 36.4 Å². The molecule has 1 aliphatic rings. The number of rotatable bonds is 4. The summed E-state index contributed by atoms with van der Waals surface area (Å²) in [6.07, 6.45) is 0. The lowest BCUT2D eigenvalue weighted by molar-refractivity contribution is -0.132. The Labute approximate surface area is 205 Å². The molecule has 8 heteroatoms. The first-order chi connectivity index (χ1) is 16.8. The van der Waals surface area contributed by atoms with Crippen molar-refractivity contribution in [2.24, 2.45) is 0 Å². The summed E-state index contributed by atoms with van der Waals surface area (Å²) in [5, 5.41) is 21.8. The Bertz CT molecular complexity index is 1540. The van der Waals surface area contributed by atoms with Gasteiger partial charge in [0, 0.05) is 5.56 Å². The number of aryl methyl sites for hydroxylation is 2. The van der Waals surface area contributed by atoms with E-state index < -0.39 is 17.7 Å². The standard InChI is InChI=1S/C27H22N2O5S/c1-14-10-15(2)22-20(11-14)35-27(28-22)29-23(16-6-4-8-18(30)12-16)21(25(32)26(29)33)24(31)17-7-5-9-19(13-17)34-3/h4-13,23,30-31H,1-3H3/b24-21+/t23-/m1/s1. The molecule has 0 spiro atoms. The van der Waals surface area contributed by atoms with Gasteiger partial charge in [0.05, 0.1) is 28.9 Å². The van der Waals surface area contributed by atoms with Crippen LogP contribution < -0.4 is 9.64 Å². The number of ketones is 1. The lowest BCUT2D eigenvalue weighted by atomic mass is 9.95. The first kappa shape index (κ1) is 22.6. The van der Waals surface area contributed by atoms with Gasteiger partial charge in [-0.3, -0.25) is 14.5 Å². The number of methoxy groups -OCH3 is 1. The van der Waals surface area contributed by atoms with Gasteiger partial charge in [-0.15, -0.1) is 0 Å². The van der Waals surface area contributed by atoms with Crippen LogP contribution in [-0.4, -0.2) is 34.0 Å². The number of aromatic hydroxyl groups is 1. The lowest BCUT2D eigenvalue weighted by Gasteiger charge is -2.23. The zero-order valence-electron chi connectivity index (χ0n) is 19.3. The third kappa shape index (κ3) is 3.81. The number of Topliss-reactive ketones (excluding diaryl/α,β-unsaturated/α-hetero) is 1. The highest BCUT2D eigenvalue weighted by molar-refractivity contribution is 7.22. The van der Waals surface area contributed by atoms with Crippen LogP contribution in [0.15, 0.2) is 66.2 Å². The Morgan fingerprint density at radius 1 is 1.06 bits per heavy atom. The molecule has 1 atom stereocenters. The molecule has 2 N–H and O–H groups in total. The zero-order chi connectivity index (χ0) is 24.9. The second kappa shape index (κ2) is 8.56. The molecule has 2 heterocycles. The smallest absolute Gasteiger partial charge is 0.301 e. The maximum absolute atomic E-state index is 13.4. The van der Waals surface area contributed by atoms with Crippen LogP contribution >= 0.6 is 11.3 Å². The summed E-state index contributed by atoms with van der Waals surface area (Å²) >= 11 is 1.30. The fourth-order valence-electron chi connectivity index (χ4n) is 4.43. The number of fused-ring (bicyclic) bond motifs is 1. The first-order valence-corrected chi connectivity index (χ1v) is 11.7. The van der Waals surface area contributed by atoms with E-state index in [9.17, 15) is 19.8 Å². The molecule has 0 bridgehead atoms. The molecule has 7 nitrogen and oxygen atoms in total. The first-order valence-electron chi connectivity index (χ1n) is 10.9. The average Bonchev–Trinajstić information content (AvgIpc) is 3.37. The fraction of sp³-hybridized carbons (Fsp3) is 0.148. The van der Waals surface area contributed by atoms with Crippen LogP contribution in [0.2, 0.25) is 0 Å². The van der Waals surface area contributed by atoms with E-state index in [4.69, 9.17) is 9.72 Å². The van der Waals surface area contributed by atoms with Crippen molar-refractivity contribution in [1.29, 1.82) is 0 Å². The lowest BCUT2D eigenvalue weighted by Crippen LogP contribution is -2.29. The molecule has 1 amide bonds. The summed E-state index contributed by atoms with van der Waals surface area (Å²) in [6, 6.07) is 15.9. The predicted octanol–water partition coefficient (Wildman–Crippen LogP) is 5.25. The molecular weight excluding hydrogens is 464 g/mol. The van der Waals surface area contributed by atoms with Gasteiger partial charge in [-0.05, 0) is 60.9 Å². The van der Waals surface area contributed by atoms with Crippen LogP contribution in [0.4, 0.5) is 5.13 Å². The molecule has 0 aliphatic carbocycles. The highest BCUT2D eigenvalue weighted by atomic mass is 32.1. The Hall–Kier alpha value is -4.17. The van der Waals surface area contributed by atoms with Crippen molar-refractivity contribution in [2.45, 2.75) is 19.9 Å². The van der Waals surface area contributed by atoms with Crippen molar-refractivity contribution in [1.82, 2.24) is 4.98 Å². The minimum absolute atomic E-state index is 0.0229. The van der Waals surface area contributed by atoms with Gasteiger partial charge in [-0.25, -0.2) is 4.98 Å². The highest BCUT2D eigenvalue weighted by Crippen LogP contribution is 2.45. The van der Waals surface area contributed by atoms with Gasteiger partial charge in [0.2, 0.25) is 0 Å². The SMILES string of the molecule is COc1cccc(/C(O)=C2\C(=O)C(=O)N(c3nc4c(C)cc(C)cc4s3)[C@@H]2c2cccc(O)c2)c1. The van der Waals surface area contributed by atoms with Crippen molar-refractivity contribution in [3.8, 4) is 11.5 Å². The summed E-state index contributed by atoms with van der Waals surface area (Å²) in [7, 11) is 1.50. The molecule has 176 valence electrons. The van der Waals surface area contributed by atoms with E-state index in [0.29, 0.717) is 22.0 Å². The molecule has 4 aromatic rings.